The molecule has 4 atom stereocenters. The number of fused-ring (bicyclic) bond motifs is 2. The normalized spacial score (nSPS) is 15.1. The van der Waals surface area contributed by atoms with Gasteiger partial charge in [0.25, 0.3) is 0 Å². The number of esters is 2. The highest BCUT2D eigenvalue weighted by atomic mass is 16.6. The third-order valence-electron chi connectivity index (χ3n) is 13.2. The highest BCUT2D eigenvalue weighted by Crippen LogP contribution is 2.23. The Labute approximate surface area is 428 Å². The van der Waals surface area contributed by atoms with E-state index in [1.165, 1.54) is 11.1 Å². The zero-order valence-electron chi connectivity index (χ0n) is 44.3. The molecule has 0 unspecified atom stereocenters. The fraction of sp³-hybridized carbons (Fsp3) is 0.630. The predicted molar refractivity (Wildman–Crippen MR) is 283 cm³/mol. The molecule has 6 rings (SSSR count). The molecule has 0 aromatic carbocycles. The van der Waals surface area contributed by atoms with Crippen LogP contribution in [0.3, 0.4) is 0 Å². The lowest BCUT2D eigenvalue weighted by Crippen LogP contribution is -2.44. The third-order valence-corrected chi connectivity index (χ3v) is 13.2. The monoisotopic (exact) mass is 995 g/mol. The van der Waals surface area contributed by atoms with Crippen molar-refractivity contribution in [2.24, 2.45) is 0 Å². The number of nitrogens with one attached hydrogen (secondary N) is 4. The van der Waals surface area contributed by atoms with Crippen molar-refractivity contribution in [2.75, 3.05) is 94.5 Å². The minimum Gasteiger partial charge on any atom is -0.460 e. The molecular formula is C54H82N12O6. The van der Waals surface area contributed by atoms with Crippen LogP contribution in [-0.2, 0) is 54.2 Å². The first-order valence-corrected chi connectivity index (χ1v) is 26.2. The van der Waals surface area contributed by atoms with Crippen LogP contribution in [0.2, 0.25) is 0 Å². The van der Waals surface area contributed by atoms with Gasteiger partial charge in [0.05, 0.1) is 12.2 Å². The summed E-state index contributed by atoms with van der Waals surface area (Å²) < 4.78 is 23.5. The number of aryl methyl sites for hydroxylation is 6. The topological polar surface area (TPSA) is 203 Å². The second-order valence-electron chi connectivity index (χ2n) is 20.2. The van der Waals surface area contributed by atoms with Gasteiger partial charge in [-0.25, -0.2) is 39.5 Å². The van der Waals surface area contributed by atoms with Crippen LogP contribution in [0.4, 0.5) is 23.5 Å². The molecule has 0 fully saturated rings. The first-order valence-electron chi connectivity index (χ1n) is 26.2. The molecule has 0 saturated heterocycles. The second kappa shape index (κ2) is 28.6. The smallest absolute Gasteiger partial charge is 0.329 e. The Bertz CT molecular complexity index is 2270. The summed E-state index contributed by atoms with van der Waals surface area (Å²) in [7, 11) is 3.43. The molecule has 0 spiro atoms. The van der Waals surface area contributed by atoms with Crippen LogP contribution in [0.25, 0.3) is 0 Å². The van der Waals surface area contributed by atoms with Crippen molar-refractivity contribution in [3.05, 3.63) is 82.7 Å². The number of anilines is 4. The second-order valence-corrected chi connectivity index (χ2v) is 20.2. The van der Waals surface area contributed by atoms with Crippen LogP contribution in [-0.4, -0.2) is 155 Å². The number of methoxy groups -OCH3 is 2. The highest BCUT2D eigenvalue weighted by molar-refractivity contribution is 5.80. The zero-order chi connectivity index (χ0) is 51.3. The van der Waals surface area contributed by atoms with Gasteiger partial charge >= 0.3 is 11.9 Å². The standard InChI is InChI=1S/C54H82N12O6/c1-38-31-57-52(58-32-38)63-46(23-29-65(35-40(3)69-7)27-11-9-17-44-21-19-42-15-13-25-55-48(42)61-44)50(67)71-37-54(5,6)72-51(68)47(64-53-59-33-39(2)34-60-53)24-30-66(36-41(4)70-8)28-12-10-18-45-22-20-43-16-14-26-56-49(43)62-45/h19-22,31-34,40-41,46-47H,9-18,23-30,35-37H2,1-8H3,(H,55,61)(H,56,62)(H,57,58,63)(H,59,60,64)/t40-,41-,46+,47+/m1/s1. The van der Waals surface area contributed by atoms with Gasteiger partial charge in [-0.2, -0.15) is 0 Å². The van der Waals surface area contributed by atoms with Crippen molar-refractivity contribution in [1.82, 2.24) is 39.7 Å². The molecule has 18 heteroatoms. The number of carbonyl (C=O) groups is 2. The van der Waals surface area contributed by atoms with Gasteiger partial charge in [-0.15, -0.1) is 0 Å². The molecule has 4 aromatic heterocycles. The van der Waals surface area contributed by atoms with E-state index in [1.807, 2.05) is 27.7 Å². The van der Waals surface area contributed by atoms with Crippen molar-refractivity contribution in [2.45, 2.75) is 148 Å². The van der Waals surface area contributed by atoms with E-state index in [9.17, 15) is 9.59 Å². The summed E-state index contributed by atoms with van der Waals surface area (Å²) >= 11 is 0. The van der Waals surface area contributed by atoms with Crippen LogP contribution in [0, 0.1) is 13.8 Å². The van der Waals surface area contributed by atoms with Crippen LogP contribution in [0.1, 0.15) is 113 Å². The molecular weight excluding hydrogens is 913 g/mol. The first kappa shape index (κ1) is 55.7. The Morgan fingerprint density at radius 3 is 1.54 bits per heavy atom. The number of hydrogen-bond acceptors (Lipinski definition) is 18. The molecule has 0 radical (unpaired) electrons. The minimum atomic E-state index is -1.18. The number of nitrogens with zero attached hydrogens (tertiary/aromatic N) is 8. The molecule has 2 aliphatic rings. The molecule has 0 bridgehead atoms. The molecule has 0 aliphatic carbocycles. The van der Waals surface area contributed by atoms with Crippen molar-refractivity contribution in [3.63, 3.8) is 0 Å². The van der Waals surface area contributed by atoms with Gasteiger partial charge in [0.1, 0.15) is 35.9 Å². The summed E-state index contributed by atoms with van der Waals surface area (Å²) in [5.74, 6) is 1.68. The quantitative estimate of drug-likeness (QED) is 0.0296. The van der Waals surface area contributed by atoms with Crippen molar-refractivity contribution in [3.8, 4) is 0 Å². The maximum atomic E-state index is 14.2. The summed E-state index contributed by atoms with van der Waals surface area (Å²) in [6, 6.07) is 7.14. The number of aromatic nitrogens is 6. The van der Waals surface area contributed by atoms with Gasteiger partial charge in [-0.3, -0.25) is 0 Å². The summed E-state index contributed by atoms with van der Waals surface area (Å²) in [6.45, 7) is 17.4. The Kier molecular flexibility index (Phi) is 22.2. The first-order chi connectivity index (χ1) is 34.7. The zero-order valence-corrected chi connectivity index (χ0v) is 44.3. The minimum absolute atomic E-state index is 0.00786. The Balaban J connectivity index is 1.06. The number of rotatable bonds is 31. The molecule has 2 aliphatic heterocycles. The third kappa shape index (κ3) is 18.8. The Morgan fingerprint density at radius 2 is 1.10 bits per heavy atom. The molecule has 72 heavy (non-hydrogen) atoms. The summed E-state index contributed by atoms with van der Waals surface area (Å²) in [5.41, 5.74) is 5.39. The predicted octanol–water partition coefficient (Wildman–Crippen LogP) is 7.02. The Hall–Kier alpha value is -5.56. The summed E-state index contributed by atoms with van der Waals surface area (Å²) in [4.78, 5) is 60.5. The van der Waals surface area contributed by atoms with Crippen LogP contribution >= 0.6 is 0 Å². The lowest BCUT2D eigenvalue weighted by molar-refractivity contribution is -0.169. The van der Waals surface area contributed by atoms with Crippen molar-refractivity contribution < 1.29 is 28.5 Å². The molecule has 18 nitrogen and oxygen atoms in total. The summed E-state index contributed by atoms with van der Waals surface area (Å²) in [6.07, 6.45) is 17.7. The van der Waals surface area contributed by atoms with E-state index >= 15 is 0 Å². The molecule has 4 N–H and O–H groups in total. The molecule has 0 amide bonds. The van der Waals surface area contributed by atoms with Crippen molar-refractivity contribution in [1.29, 1.82) is 0 Å². The average Bonchev–Trinajstić information content (AvgIpc) is 3.38. The van der Waals surface area contributed by atoms with E-state index in [4.69, 9.17) is 28.9 Å². The van der Waals surface area contributed by atoms with Gasteiger partial charge in [0.2, 0.25) is 11.9 Å². The van der Waals surface area contributed by atoms with Crippen LogP contribution in [0.5, 0.6) is 0 Å². The maximum Gasteiger partial charge on any atom is 0.329 e. The van der Waals surface area contributed by atoms with Crippen molar-refractivity contribution >= 4 is 35.5 Å². The largest absolute Gasteiger partial charge is 0.460 e. The van der Waals surface area contributed by atoms with Crippen LogP contribution < -0.4 is 21.3 Å². The van der Waals surface area contributed by atoms with E-state index in [1.54, 1.807) is 52.9 Å². The fourth-order valence-electron chi connectivity index (χ4n) is 8.85. The number of unbranched alkanes of at least 4 members (excludes halogenated alkanes) is 2. The number of ether oxygens (including phenoxy) is 4. The number of pyridine rings is 2. The van der Waals surface area contributed by atoms with E-state index in [2.05, 4.69) is 75.3 Å². The molecule has 6 heterocycles. The van der Waals surface area contributed by atoms with E-state index < -0.39 is 29.6 Å². The van der Waals surface area contributed by atoms with E-state index in [0.29, 0.717) is 50.9 Å². The summed E-state index contributed by atoms with van der Waals surface area (Å²) in [5, 5.41) is 13.4. The molecule has 0 saturated carbocycles. The van der Waals surface area contributed by atoms with Gasteiger partial charge in [0.15, 0.2) is 0 Å². The number of hydrogen-bond donors (Lipinski definition) is 4. The van der Waals surface area contributed by atoms with E-state index in [0.717, 1.165) is 125 Å². The molecule has 4 aromatic rings. The SMILES string of the molecule is CO[C@H](C)CN(CCCCc1ccc2c(n1)NCCC2)CC[C@H](Nc1ncc(C)cn1)C(=O)OCC(C)(C)OC(=O)[C@H](CCN(CCCCc1ccc2c(n1)NCCC2)C[C@@H](C)OC)Nc1ncc(C)cn1. The molecule has 394 valence electrons. The number of carbonyl (C=O) groups excluding carboxylic acids is 2. The maximum absolute atomic E-state index is 14.2. The Morgan fingerprint density at radius 1 is 0.653 bits per heavy atom. The average molecular weight is 995 g/mol. The highest BCUT2D eigenvalue weighted by Gasteiger charge is 2.32. The van der Waals surface area contributed by atoms with Gasteiger partial charge in [-0.1, -0.05) is 12.1 Å². The van der Waals surface area contributed by atoms with Crippen LogP contribution in [0.15, 0.2) is 49.1 Å². The fourth-order valence-corrected chi connectivity index (χ4v) is 8.85. The van der Waals surface area contributed by atoms with Gasteiger partial charge in [-0.05, 0) is 166 Å². The van der Waals surface area contributed by atoms with Gasteiger partial charge in [0, 0.05) is 89.7 Å². The lowest BCUT2D eigenvalue weighted by atomic mass is 10.1. The lowest BCUT2D eigenvalue weighted by Gasteiger charge is -2.30. The van der Waals surface area contributed by atoms with Gasteiger partial charge < -0.3 is 50.0 Å². The van der Waals surface area contributed by atoms with E-state index in [-0.39, 0.29) is 18.8 Å².